The van der Waals surface area contributed by atoms with Gasteiger partial charge in [0.1, 0.15) is 5.69 Å². The maximum atomic E-state index is 12.9. The van der Waals surface area contributed by atoms with Gasteiger partial charge < -0.3 is 15.0 Å². The molecule has 1 saturated heterocycles. The number of likely N-dealkylation sites (N-methyl/N-ethyl adjacent to an activating group) is 1. The number of amides is 2. The highest BCUT2D eigenvalue weighted by molar-refractivity contribution is 5.94. The molecule has 2 heterocycles. The van der Waals surface area contributed by atoms with Crippen LogP contribution in [-0.2, 0) is 16.1 Å². The van der Waals surface area contributed by atoms with Crippen molar-refractivity contribution < 1.29 is 14.3 Å². The van der Waals surface area contributed by atoms with Crippen LogP contribution in [0.4, 0.5) is 0 Å². The molecule has 2 rings (SSSR count). The fraction of sp³-hybridized carbons (Fsp3) is 0.688. The molecule has 1 atom stereocenters. The molecule has 1 aliphatic rings. The summed E-state index contributed by atoms with van der Waals surface area (Å²) in [5.41, 5.74) is 0.454. The van der Waals surface area contributed by atoms with Crippen LogP contribution in [0.2, 0.25) is 0 Å². The normalized spacial score (nSPS) is 21.6. The topological polar surface area (TPSA) is 76.5 Å². The molecule has 1 fully saturated rings. The summed E-state index contributed by atoms with van der Waals surface area (Å²) in [7, 11) is 1.57. The first-order valence-corrected chi connectivity index (χ1v) is 8.05. The van der Waals surface area contributed by atoms with E-state index in [-0.39, 0.29) is 24.3 Å². The van der Waals surface area contributed by atoms with Crippen LogP contribution in [0.3, 0.4) is 0 Å². The second kappa shape index (κ2) is 6.70. The van der Waals surface area contributed by atoms with Gasteiger partial charge in [0.2, 0.25) is 0 Å². The maximum absolute atomic E-state index is 12.9. The number of ether oxygens (including phenoxy) is 1. The molecule has 0 aliphatic carbocycles. The molecule has 0 saturated carbocycles. The van der Waals surface area contributed by atoms with Crippen LogP contribution in [0, 0.1) is 0 Å². The third-order valence-corrected chi connectivity index (χ3v) is 4.18. The van der Waals surface area contributed by atoms with Gasteiger partial charge >= 0.3 is 0 Å². The molecule has 1 aromatic rings. The highest BCUT2D eigenvalue weighted by atomic mass is 16.5. The number of nitrogens with one attached hydrogen (secondary N) is 1. The number of hydrogen-bond acceptors (Lipinski definition) is 4. The Labute approximate surface area is 137 Å². The summed E-state index contributed by atoms with van der Waals surface area (Å²) in [6, 6.07) is 1.85. The van der Waals surface area contributed by atoms with Gasteiger partial charge in [0.15, 0.2) is 5.60 Å². The van der Waals surface area contributed by atoms with Crippen LogP contribution in [-0.4, -0.2) is 58.8 Å². The summed E-state index contributed by atoms with van der Waals surface area (Å²) in [5.74, 6) is -0.0679. The van der Waals surface area contributed by atoms with E-state index in [1.165, 1.54) is 0 Å². The van der Waals surface area contributed by atoms with Crippen molar-refractivity contribution in [3.05, 3.63) is 17.5 Å². The van der Waals surface area contributed by atoms with Gasteiger partial charge in [-0.1, -0.05) is 13.8 Å². The van der Waals surface area contributed by atoms with Crippen LogP contribution in [0.5, 0.6) is 0 Å². The zero-order valence-electron chi connectivity index (χ0n) is 14.5. The van der Waals surface area contributed by atoms with Crippen molar-refractivity contribution >= 4 is 11.8 Å². The Kier molecular flexibility index (Phi) is 5.09. The Morgan fingerprint density at radius 3 is 2.74 bits per heavy atom. The van der Waals surface area contributed by atoms with E-state index in [4.69, 9.17) is 4.74 Å². The fourth-order valence-electron chi connectivity index (χ4n) is 2.74. The number of carbonyl (C=O) groups is 2. The molecular formula is C16H26N4O3. The van der Waals surface area contributed by atoms with Gasteiger partial charge in [-0.25, -0.2) is 0 Å². The molecule has 2 amide bonds. The van der Waals surface area contributed by atoms with Gasteiger partial charge in [0.25, 0.3) is 11.8 Å². The van der Waals surface area contributed by atoms with Crippen molar-refractivity contribution in [2.45, 2.75) is 45.8 Å². The lowest BCUT2D eigenvalue weighted by atomic mass is 10.0. The first-order chi connectivity index (χ1) is 10.8. The third kappa shape index (κ3) is 3.39. The molecule has 1 aromatic heterocycles. The van der Waals surface area contributed by atoms with E-state index in [9.17, 15) is 9.59 Å². The van der Waals surface area contributed by atoms with Gasteiger partial charge in [-0.3, -0.25) is 14.3 Å². The zero-order chi connectivity index (χ0) is 17.2. The molecular weight excluding hydrogens is 296 g/mol. The lowest BCUT2D eigenvalue weighted by Crippen LogP contribution is -2.59. The van der Waals surface area contributed by atoms with Crippen molar-refractivity contribution in [1.82, 2.24) is 20.0 Å². The number of carbonyl (C=O) groups excluding carboxylic acids is 2. The predicted molar refractivity (Wildman–Crippen MR) is 86.3 cm³/mol. The van der Waals surface area contributed by atoms with E-state index >= 15 is 0 Å². The number of nitrogens with zero attached hydrogens (tertiary/aromatic N) is 3. The minimum absolute atomic E-state index is 0.107. The zero-order valence-corrected chi connectivity index (χ0v) is 14.5. The molecule has 0 radical (unpaired) electrons. The van der Waals surface area contributed by atoms with E-state index in [2.05, 4.69) is 10.4 Å². The van der Waals surface area contributed by atoms with Gasteiger partial charge in [0, 0.05) is 20.1 Å². The molecule has 128 valence electrons. The molecule has 7 nitrogen and oxygen atoms in total. The van der Waals surface area contributed by atoms with Gasteiger partial charge in [-0.05, 0) is 25.8 Å². The number of aryl methyl sites for hydroxylation is 1. The van der Waals surface area contributed by atoms with Crippen molar-refractivity contribution in [2.24, 2.45) is 0 Å². The summed E-state index contributed by atoms with van der Waals surface area (Å²) in [6.07, 6.45) is 0. The molecule has 1 unspecified atom stereocenters. The molecule has 0 spiro atoms. The Morgan fingerprint density at radius 1 is 1.48 bits per heavy atom. The highest BCUT2D eigenvalue weighted by Gasteiger charge is 2.40. The van der Waals surface area contributed by atoms with Gasteiger partial charge in [0.05, 0.1) is 18.8 Å². The SMILES string of the molecule is CCn1nc(C(C)C)cc1C(=O)N1CCOC(C)(C(=O)NC)C1. The number of rotatable bonds is 4. The molecule has 7 heteroatoms. The van der Waals surface area contributed by atoms with Crippen LogP contribution in [0.25, 0.3) is 0 Å². The van der Waals surface area contributed by atoms with Crippen LogP contribution in [0.15, 0.2) is 6.07 Å². The van der Waals surface area contributed by atoms with Crippen molar-refractivity contribution in [1.29, 1.82) is 0 Å². The highest BCUT2D eigenvalue weighted by Crippen LogP contribution is 2.21. The quantitative estimate of drug-likeness (QED) is 0.897. The third-order valence-electron chi connectivity index (χ3n) is 4.18. The smallest absolute Gasteiger partial charge is 0.272 e. The second-order valence-electron chi connectivity index (χ2n) is 6.31. The summed E-state index contributed by atoms with van der Waals surface area (Å²) in [6.45, 7) is 9.44. The monoisotopic (exact) mass is 322 g/mol. The van der Waals surface area contributed by atoms with Crippen LogP contribution in [0.1, 0.15) is 49.8 Å². The lowest BCUT2D eigenvalue weighted by Gasteiger charge is -2.38. The Bertz CT molecular complexity index is 596. The summed E-state index contributed by atoms with van der Waals surface area (Å²) in [5, 5.41) is 7.09. The van der Waals surface area contributed by atoms with Gasteiger partial charge in [-0.2, -0.15) is 5.10 Å². The van der Waals surface area contributed by atoms with Gasteiger partial charge in [-0.15, -0.1) is 0 Å². The van der Waals surface area contributed by atoms with Crippen LogP contribution < -0.4 is 5.32 Å². The minimum atomic E-state index is -1.01. The molecule has 0 bridgehead atoms. The van der Waals surface area contributed by atoms with Crippen LogP contribution >= 0.6 is 0 Å². The minimum Gasteiger partial charge on any atom is -0.362 e. The first kappa shape index (κ1) is 17.5. The fourth-order valence-corrected chi connectivity index (χ4v) is 2.74. The van der Waals surface area contributed by atoms with E-state index < -0.39 is 5.60 Å². The maximum Gasteiger partial charge on any atom is 0.272 e. The molecule has 1 aliphatic heterocycles. The average molecular weight is 322 g/mol. The first-order valence-electron chi connectivity index (χ1n) is 8.05. The number of hydrogen-bond donors (Lipinski definition) is 1. The van der Waals surface area contributed by atoms with Crippen molar-refractivity contribution in [2.75, 3.05) is 26.7 Å². The second-order valence-corrected chi connectivity index (χ2v) is 6.31. The lowest BCUT2D eigenvalue weighted by molar-refractivity contribution is -0.153. The number of aromatic nitrogens is 2. The van der Waals surface area contributed by atoms with E-state index in [1.807, 2.05) is 26.8 Å². The molecule has 23 heavy (non-hydrogen) atoms. The Balaban J connectivity index is 2.25. The Morgan fingerprint density at radius 2 is 2.17 bits per heavy atom. The van der Waals surface area contributed by atoms with E-state index in [0.717, 1.165) is 5.69 Å². The summed E-state index contributed by atoms with van der Waals surface area (Å²) >= 11 is 0. The Hall–Kier alpha value is -1.89. The predicted octanol–water partition coefficient (Wildman–Crippen LogP) is 1.00. The van der Waals surface area contributed by atoms with Crippen molar-refractivity contribution in [3.63, 3.8) is 0 Å². The average Bonchev–Trinajstić information content (AvgIpc) is 2.97. The summed E-state index contributed by atoms with van der Waals surface area (Å²) < 4.78 is 7.33. The van der Waals surface area contributed by atoms with Crippen molar-refractivity contribution in [3.8, 4) is 0 Å². The standard InChI is InChI=1S/C16H26N4O3/c1-6-20-13(9-12(18-20)11(2)3)14(21)19-7-8-23-16(4,10-19)15(22)17-5/h9,11H,6-8,10H2,1-5H3,(H,17,22). The molecule has 1 N–H and O–H groups in total. The summed E-state index contributed by atoms with van der Waals surface area (Å²) in [4.78, 5) is 26.6. The molecule has 0 aromatic carbocycles. The number of morpholine rings is 1. The van der Waals surface area contributed by atoms with E-state index in [0.29, 0.717) is 25.4 Å². The van der Waals surface area contributed by atoms with E-state index in [1.54, 1.807) is 23.6 Å². The largest absolute Gasteiger partial charge is 0.362 e.